The SMILES string of the molecule is FC(F)(F)c1cc(Cl)ccc1-c1cc(Cl)c(Cl)c(Cl)c1. The fourth-order valence-electron chi connectivity index (χ4n) is 1.71. The van der Waals surface area contributed by atoms with Crippen LogP contribution in [0.1, 0.15) is 5.56 Å². The summed E-state index contributed by atoms with van der Waals surface area (Å²) in [7, 11) is 0. The van der Waals surface area contributed by atoms with Crippen LogP contribution in [0.3, 0.4) is 0 Å². The summed E-state index contributed by atoms with van der Waals surface area (Å²) >= 11 is 23.1. The van der Waals surface area contributed by atoms with E-state index in [-0.39, 0.29) is 31.2 Å². The zero-order valence-electron chi connectivity index (χ0n) is 9.53. The molecule has 0 aliphatic rings. The first-order valence-electron chi connectivity index (χ1n) is 5.22. The van der Waals surface area contributed by atoms with Crippen molar-refractivity contribution in [2.45, 2.75) is 6.18 Å². The predicted molar refractivity (Wildman–Crippen MR) is 76.9 cm³/mol. The minimum absolute atomic E-state index is 0.00719. The highest BCUT2D eigenvalue weighted by Crippen LogP contribution is 2.41. The average Bonchev–Trinajstić information content (AvgIpc) is 2.34. The number of rotatable bonds is 1. The van der Waals surface area contributed by atoms with Gasteiger partial charge in [0.15, 0.2) is 0 Å². The summed E-state index contributed by atoms with van der Waals surface area (Å²) in [6.45, 7) is 0. The van der Waals surface area contributed by atoms with E-state index in [1.54, 1.807) is 0 Å². The molecule has 2 aromatic carbocycles. The largest absolute Gasteiger partial charge is 0.417 e. The van der Waals surface area contributed by atoms with E-state index in [9.17, 15) is 13.2 Å². The molecule has 0 fully saturated rings. The third-order valence-corrected chi connectivity index (χ3v) is 4.01. The van der Waals surface area contributed by atoms with E-state index in [1.807, 2.05) is 0 Å². The second kappa shape index (κ2) is 5.64. The Morgan fingerprint density at radius 3 is 1.85 bits per heavy atom. The Labute approximate surface area is 133 Å². The second-order valence-electron chi connectivity index (χ2n) is 3.94. The molecular weight excluding hydrogens is 355 g/mol. The van der Waals surface area contributed by atoms with Crippen LogP contribution >= 0.6 is 46.4 Å². The molecule has 0 aliphatic carbocycles. The molecule has 0 saturated carbocycles. The number of benzene rings is 2. The molecule has 0 radical (unpaired) electrons. The van der Waals surface area contributed by atoms with Crippen LogP contribution in [0.15, 0.2) is 30.3 Å². The van der Waals surface area contributed by atoms with Crippen molar-refractivity contribution in [2.24, 2.45) is 0 Å². The van der Waals surface area contributed by atoms with Gasteiger partial charge in [-0.1, -0.05) is 52.5 Å². The highest BCUT2D eigenvalue weighted by molar-refractivity contribution is 6.48. The van der Waals surface area contributed by atoms with Crippen LogP contribution < -0.4 is 0 Å². The number of halogens is 7. The van der Waals surface area contributed by atoms with Crippen LogP contribution in [0, 0.1) is 0 Å². The Bertz CT molecular complexity index is 642. The van der Waals surface area contributed by atoms with Gasteiger partial charge in [0.05, 0.1) is 20.6 Å². The zero-order chi connectivity index (χ0) is 15.1. The third kappa shape index (κ3) is 3.17. The molecule has 7 heteroatoms. The number of alkyl halides is 3. The maximum Gasteiger partial charge on any atom is 0.417 e. The summed E-state index contributed by atoms with van der Waals surface area (Å²) in [6, 6.07) is 6.14. The standard InChI is InChI=1S/C13H5Cl4F3/c14-7-1-2-8(9(5-7)13(18,19)20)6-3-10(15)12(17)11(16)4-6/h1-5H. The van der Waals surface area contributed by atoms with Gasteiger partial charge in [-0.3, -0.25) is 0 Å². The lowest BCUT2D eigenvalue weighted by Gasteiger charge is -2.14. The molecule has 20 heavy (non-hydrogen) atoms. The summed E-state index contributed by atoms with van der Waals surface area (Å²) in [5.41, 5.74) is -0.713. The molecule has 0 heterocycles. The maximum absolute atomic E-state index is 13.0. The van der Waals surface area contributed by atoms with Gasteiger partial charge in [0, 0.05) is 5.02 Å². The number of hydrogen-bond acceptors (Lipinski definition) is 0. The summed E-state index contributed by atoms with van der Waals surface area (Å²) < 4.78 is 39.1. The molecule has 106 valence electrons. The van der Waals surface area contributed by atoms with Crippen molar-refractivity contribution in [2.75, 3.05) is 0 Å². The van der Waals surface area contributed by atoms with Crippen LogP contribution in [0.25, 0.3) is 11.1 Å². The fraction of sp³-hybridized carbons (Fsp3) is 0.0769. The van der Waals surface area contributed by atoms with E-state index >= 15 is 0 Å². The van der Waals surface area contributed by atoms with Crippen molar-refractivity contribution in [1.29, 1.82) is 0 Å². The summed E-state index contributed by atoms with van der Waals surface area (Å²) in [5.74, 6) is 0. The van der Waals surface area contributed by atoms with Gasteiger partial charge in [0.25, 0.3) is 0 Å². The molecule has 2 rings (SSSR count). The van der Waals surface area contributed by atoms with Crippen LogP contribution in [0.4, 0.5) is 13.2 Å². The van der Waals surface area contributed by atoms with Crippen molar-refractivity contribution in [1.82, 2.24) is 0 Å². The molecule has 0 aromatic heterocycles. The van der Waals surface area contributed by atoms with E-state index in [0.29, 0.717) is 0 Å². The quantitative estimate of drug-likeness (QED) is 0.481. The molecule has 0 aliphatic heterocycles. The molecule has 0 amide bonds. The van der Waals surface area contributed by atoms with Gasteiger partial charge < -0.3 is 0 Å². The Balaban J connectivity index is 2.70. The molecule has 0 spiro atoms. The third-order valence-electron chi connectivity index (χ3n) is 2.58. The Morgan fingerprint density at radius 2 is 1.35 bits per heavy atom. The fourth-order valence-corrected chi connectivity index (χ4v) is 2.48. The molecule has 2 aromatic rings. The van der Waals surface area contributed by atoms with Gasteiger partial charge in [-0.15, -0.1) is 0 Å². The lowest BCUT2D eigenvalue weighted by molar-refractivity contribution is -0.137. The zero-order valence-corrected chi connectivity index (χ0v) is 12.6. The van der Waals surface area contributed by atoms with Crippen molar-refractivity contribution in [3.8, 4) is 11.1 Å². The highest BCUT2D eigenvalue weighted by Gasteiger charge is 2.34. The van der Waals surface area contributed by atoms with E-state index in [1.165, 1.54) is 24.3 Å². The van der Waals surface area contributed by atoms with Gasteiger partial charge in [-0.2, -0.15) is 13.2 Å². The molecule has 0 N–H and O–H groups in total. The van der Waals surface area contributed by atoms with Gasteiger partial charge in [0.2, 0.25) is 0 Å². The Morgan fingerprint density at radius 1 is 0.800 bits per heavy atom. The molecule has 0 saturated heterocycles. The van der Waals surface area contributed by atoms with E-state index in [0.717, 1.165) is 6.07 Å². The van der Waals surface area contributed by atoms with Crippen LogP contribution in [-0.2, 0) is 6.18 Å². The van der Waals surface area contributed by atoms with Gasteiger partial charge >= 0.3 is 6.18 Å². The smallest absolute Gasteiger partial charge is 0.166 e. The molecule has 0 nitrogen and oxygen atoms in total. The predicted octanol–water partition coefficient (Wildman–Crippen LogP) is 6.99. The highest BCUT2D eigenvalue weighted by atomic mass is 35.5. The van der Waals surface area contributed by atoms with Gasteiger partial charge in [-0.05, 0) is 35.4 Å². The Hall–Kier alpha value is -0.610. The normalized spacial score (nSPS) is 11.8. The van der Waals surface area contributed by atoms with Crippen molar-refractivity contribution < 1.29 is 13.2 Å². The van der Waals surface area contributed by atoms with Crippen molar-refractivity contribution in [3.63, 3.8) is 0 Å². The summed E-state index contributed by atoms with van der Waals surface area (Å²) in [4.78, 5) is 0. The lowest BCUT2D eigenvalue weighted by atomic mass is 9.99. The first-order chi connectivity index (χ1) is 9.20. The Kier molecular flexibility index (Phi) is 4.45. The van der Waals surface area contributed by atoms with Crippen LogP contribution in [0.2, 0.25) is 20.1 Å². The van der Waals surface area contributed by atoms with Crippen LogP contribution in [-0.4, -0.2) is 0 Å². The van der Waals surface area contributed by atoms with Crippen molar-refractivity contribution in [3.05, 3.63) is 56.0 Å². The maximum atomic E-state index is 13.0. The van der Waals surface area contributed by atoms with Gasteiger partial charge in [0.1, 0.15) is 0 Å². The van der Waals surface area contributed by atoms with E-state index < -0.39 is 11.7 Å². The number of hydrogen-bond donors (Lipinski definition) is 0. The first kappa shape index (κ1) is 15.8. The lowest BCUT2D eigenvalue weighted by Crippen LogP contribution is -2.07. The summed E-state index contributed by atoms with van der Waals surface area (Å²) in [5, 5.41) is 0.251. The second-order valence-corrected chi connectivity index (χ2v) is 5.57. The monoisotopic (exact) mass is 358 g/mol. The first-order valence-corrected chi connectivity index (χ1v) is 6.73. The average molecular weight is 360 g/mol. The molecule has 0 unspecified atom stereocenters. The molecule has 0 atom stereocenters. The molecular formula is C13H5Cl4F3. The topological polar surface area (TPSA) is 0 Å². The van der Waals surface area contributed by atoms with Crippen molar-refractivity contribution >= 4 is 46.4 Å². The minimum atomic E-state index is -4.54. The van der Waals surface area contributed by atoms with Crippen LogP contribution in [0.5, 0.6) is 0 Å². The molecule has 0 bridgehead atoms. The van der Waals surface area contributed by atoms with E-state index in [2.05, 4.69) is 0 Å². The minimum Gasteiger partial charge on any atom is -0.166 e. The summed E-state index contributed by atoms with van der Waals surface area (Å²) in [6.07, 6.45) is -4.54. The van der Waals surface area contributed by atoms with Gasteiger partial charge in [-0.25, -0.2) is 0 Å². The van der Waals surface area contributed by atoms with E-state index in [4.69, 9.17) is 46.4 Å².